The molecule has 6 heteroatoms. The van der Waals surface area contributed by atoms with Gasteiger partial charge in [-0.2, -0.15) is 8.78 Å². The highest BCUT2D eigenvalue weighted by molar-refractivity contribution is 5.60. The number of nitrogen functional groups attached to an aromatic ring is 1. The van der Waals surface area contributed by atoms with Crippen molar-refractivity contribution in [3.63, 3.8) is 0 Å². The van der Waals surface area contributed by atoms with Gasteiger partial charge in [-0.1, -0.05) is 0 Å². The summed E-state index contributed by atoms with van der Waals surface area (Å²) >= 11 is 0. The van der Waals surface area contributed by atoms with Crippen LogP contribution < -0.4 is 10.5 Å². The fraction of sp³-hybridized carbons (Fsp3) is 0.333. The van der Waals surface area contributed by atoms with Crippen molar-refractivity contribution < 1.29 is 13.5 Å². The van der Waals surface area contributed by atoms with E-state index in [-0.39, 0.29) is 5.75 Å². The van der Waals surface area contributed by atoms with Crippen molar-refractivity contribution in [1.29, 1.82) is 0 Å². The first-order valence-electron chi connectivity index (χ1n) is 6.84. The van der Waals surface area contributed by atoms with Gasteiger partial charge in [-0.25, -0.2) is 9.97 Å². The van der Waals surface area contributed by atoms with Crippen LogP contribution in [-0.2, 0) is 12.8 Å². The number of nitrogens with zero attached hydrogens (tertiary/aromatic N) is 2. The SMILES string of the molecule is Nc1nc(-c2ccc(OC(F)F)cc2)nc2c1CCCC2. The monoisotopic (exact) mass is 291 g/mol. The van der Waals surface area contributed by atoms with Gasteiger partial charge in [0.05, 0.1) is 0 Å². The molecular formula is C15H15F2N3O. The summed E-state index contributed by atoms with van der Waals surface area (Å²) in [5.74, 6) is 1.15. The minimum atomic E-state index is -2.83. The summed E-state index contributed by atoms with van der Waals surface area (Å²) < 4.78 is 28.6. The van der Waals surface area contributed by atoms with Crippen LogP contribution >= 0.6 is 0 Å². The summed E-state index contributed by atoms with van der Waals surface area (Å²) in [6.07, 6.45) is 4.04. The molecule has 1 aliphatic rings. The van der Waals surface area contributed by atoms with Crippen molar-refractivity contribution in [1.82, 2.24) is 9.97 Å². The van der Waals surface area contributed by atoms with E-state index in [1.54, 1.807) is 12.1 Å². The summed E-state index contributed by atoms with van der Waals surface area (Å²) in [4.78, 5) is 8.88. The molecule has 3 rings (SSSR count). The molecule has 21 heavy (non-hydrogen) atoms. The molecule has 0 unspecified atom stereocenters. The van der Waals surface area contributed by atoms with Crippen LogP contribution in [0.3, 0.4) is 0 Å². The smallest absolute Gasteiger partial charge is 0.387 e. The second kappa shape index (κ2) is 5.63. The molecule has 0 atom stereocenters. The van der Waals surface area contributed by atoms with E-state index in [2.05, 4.69) is 14.7 Å². The number of aryl methyl sites for hydroxylation is 1. The van der Waals surface area contributed by atoms with E-state index in [1.165, 1.54) is 12.1 Å². The predicted molar refractivity (Wildman–Crippen MR) is 75.2 cm³/mol. The van der Waals surface area contributed by atoms with E-state index in [0.717, 1.165) is 42.5 Å². The quantitative estimate of drug-likeness (QED) is 0.943. The highest BCUT2D eigenvalue weighted by atomic mass is 19.3. The molecule has 0 amide bonds. The van der Waals surface area contributed by atoms with Gasteiger partial charge >= 0.3 is 6.61 Å². The molecular weight excluding hydrogens is 276 g/mol. The maximum absolute atomic E-state index is 12.1. The maximum Gasteiger partial charge on any atom is 0.387 e. The Labute approximate surface area is 121 Å². The Morgan fingerprint density at radius 1 is 1.05 bits per heavy atom. The van der Waals surface area contributed by atoms with E-state index in [9.17, 15) is 8.78 Å². The number of rotatable bonds is 3. The summed E-state index contributed by atoms with van der Waals surface area (Å²) in [6.45, 7) is -2.83. The van der Waals surface area contributed by atoms with E-state index < -0.39 is 6.61 Å². The normalized spacial score (nSPS) is 14.0. The van der Waals surface area contributed by atoms with Crippen molar-refractivity contribution in [3.05, 3.63) is 35.5 Å². The van der Waals surface area contributed by atoms with E-state index in [1.807, 2.05) is 0 Å². The molecule has 0 saturated heterocycles. The number of nitrogens with two attached hydrogens (primary N) is 1. The van der Waals surface area contributed by atoms with Crippen LogP contribution in [0.1, 0.15) is 24.1 Å². The molecule has 1 aliphatic carbocycles. The molecule has 4 nitrogen and oxygen atoms in total. The summed E-state index contributed by atoms with van der Waals surface area (Å²) in [5.41, 5.74) is 8.77. The lowest BCUT2D eigenvalue weighted by atomic mass is 9.96. The van der Waals surface area contributed by atoms with Crippen LogP contribution in [-0.4, -0.2) is 16.6 Å². The average Bonchev–Trinajstić information content (AvgIpc) is 2.47. The minimum Gasteiger partial charge on any atom is -0.435 e. The van der Waals surface area contributed by atoms with E-state index in [0.29, 0.717) is 11.6 Å². The standard InChI is InChI=1S/C15H15F2N3O/c16-15(17)21-10-7-5-9(6-8-10)14-19-12-4-2-1-3-11(12)13(18)20-14/h5-8,15H,1-4H2,(H2,18,19,20). The largest absolute Gasteiger partial charge is 0.435 e. The minimum absolute atomic E-state index is 0.111. The molecule has 0 radical (unpaired) electrons. The zero-order chi connectivity index (χ0) is 14.8. The number of alkyl halides is 2. The van der Waals surface area contributed by atoms with Gasteiger partial charge in [0.1, 0.15) is 11.6 Å². The first-order valence-corrected chi connectivity index (χ1v) is 6.84. The second-order valence-corrected chi connectivity index (χ2v) is 4.97. The molecule has 0 bridgehead atoms. The molecule has 2 N–H and O–H groups in total. The zero-order valence-electron chi connectivity index (χ0n) is 11.4. The Morgan fingerprint density at radius 3 is 2.48 bits per heavy atom. The lowest BCUT2D eigenvalue weighted by molar-refractivity contribution is -0.0498. The van der Waals surface area contributed by atoms with Gasteiger partial charge in [-0.05, 0) is 49.9 Å². The van der Waals surface area contributed by atoms with Gasteiger partial charge in [-0.15, -0.1) is 0 Å². The molecule has 0 spiro atoms. The number of anilines is 1. The summed E-state index contributed by atoms with van der Waals surface area (Å²) in [5, 5.41) is 0. The fourth-order valence-corrected chi connectivity index (χ4v) is 2.54. The highest BCUT2D eigenvalue weighted by Gasteiger charge is 2.16. The molecule has 1 aromatic heterocycles. The molecule has 1 heterocycles. The number of hydrogen-bond donors (Lipinski definition) is 1. The summed E-state index contributed by atoms with van der Waals surface area (Å²) in [7, 11) is 0. The van der Waals surface area contributed by atoms with Gasteiger partial charge in [0, 0.05) is 16.8 Å². The first-order chi connectivity index (χ1) is 10.1. The summed E-state index contributed by atoms with van der Waals surface area (Å²) in [6, 6.07) is 6.25. The maximum atomic E-state index is 12.1. The van der Waals surface area contributed by atoms with Crippen molar-refractivity contribution in [2.45, 2.75) is 32.3 Å². The Hall–Kier alpha value is -2.24. The number of hydrogen-bond acceptors (Lipinski definition) is 4. The Bertz CT molecular complexity index is 644. The number of fused-ring (bicyclic) bond motifs is 1. The molecule has 110 valence electrons. The van der Waals surface area contributed by atoms with Crippen molar-refractivity contribution in [2.24, 2.45) is 0 Å². The zero-order valence-corrected chi connectivity index (χ0v) is 11.4. The fourth-order valence-electron chi connectivity index (χ4n) is 2.54. The van der Waals surface area contributed by atoms with Crippen LogP contribution in [0.2, 0.25) is 0 Å². The van der Waals surface area contributed by atoms with Gasteiger partial charge in [0.2, 0.25) is 0 Å². The van der Waals surface area contributed by atoms with Crippen LogP contribution in [0.5, 0.6) is 5.75 Å². The number of ether oxygens (including phenoxy) is 1. The van der Waals surface area contributed by atoms with Crippen LogP contribution in [0, 0.1) is 0 Å². The van der Waals surface area contributed by atoms with Crippen LogP contribution in [0.15, 0.2) is 24.3 Å². The lowest BCUT2D eigenvalue weighted by Gasteiger charge is -2.17. The number of halogens is 2. The second-order valence-electron chi connectivity index (χ2n) is 4.97. The highest BCUT2D eigenvalue weighted by Crippen LogP contribution is 2.27. The number of aromatic nitrogens is 2. The van der Waals surface area contributed by atoms with Gasteiger partial charge in [-0.3, -0.25) is 0 Å². The van der Waals surface area contributed by atoms with Crippen LogP contribution in [0.25, 0.3) is 11.4 Å². The average molecular weight is 291 g/mol. The predicted octanol–water partition coefficient (Wildman–Crippen LogP) is 3.21. The molecule has 0 saturated carbocycles. The Kier molecular flexibility index (Phi) is 3.68. The Balaban J connectivity index is 1.91. The van der Waals surface area contributed by atoms with Gasteiger partial charge in [0.15, 0.2) is 5.82 Å². The third kappa shape index (κ3) is 2.94. The van der Waals surface area contributed by atoms with E-state index in [4.69, 9.17) is 5.73 Å². The molecule has 0 fully saturated rings. The van der Waals surface area contributed by atoms with Crippen molar-refractivity contribution in [3.8, 4) is 17.1 Å². The van der Waals surface area contributed by atoms with Crippen molar-refractivity contribution >= 4 is 5.82 Å². The molecule has 2 aromatic rings. The van der Waals surface area contributed by atoms with Crippen LogP contribution in [0.4, 0.5) is 14.6 Å². The topological polar surface area (TPSA) is 61.0 Å². The Morgan fingerprint density at radius 2 is 1.76 bits per heavy atom. The number of benzene rings is 1. The third-order valence-electron chi connectivity index (χ3n) is 3.55. The van der Waals surface area contributed by atoms with Gasteiger partial charge < -0.3 is 10.5 Å². The first kappa shape index (κ1) is 13.7. The molecule has 0 aliphatic heterocycles. The lowest BCUT2D eigenvalue weighted by Crippen LogP contribution is -2.11. The van der Waals surface area contributed by atoms with E-state index >= 15 is 0 Å². The third-order valence-corrected chi connectivity index (χ3v) is 3.55. The van der Waals surface area contributed by atoms with Crippen molar-refractivity contribution in [2.75, 3.05) is 5.73 Å². The molecule has 1 aromatic carbocycles. The van der Waals surface area contributed by atoms with Gasteiger partial charge in [0.25, 0.3) is 0 Å².